The van der Waals surface area contributed by atoms with Crippen LogP contribution in [0.1, 0.15) is 5.56 Å². The molecule has 0 unspecified atom stereocenters. The maximum Gasteiger partial charge on any atom is 0.101 e. The summed E-state index contributed by atoms with van der Waals surface area (Å²) in [6.45, 7) is 0. The zero-order valence-corrected chi connectivity index (χ0v) is 9.04. The number of fused-ring (bicyclic) bond motifs is 1. The second kappa shape index (κ2) is 3.76. The number of hydrogen-bond donors (Lipinski definition) is 0. The second-order valence-corrected chi connectivity index (χ2v) is 3.74. The van der Waals surface area contributed by atoms with Crippen molar-refractivity contribution in [2.75, 3.05) is 0 Å². The van der Waals surface area contributed by atoms with Crippen LogP contribution in [0.4, 0.5) is 0 Å². The zero-order valence-electron chi connectivity index (χ0n) is 9.04. The highest BCUT2D eigenvalue weighted by atomic mass is 15.0. The van der Waals surface area contributed by atoms with Gasteiger partial charge in [0.1, 0.15) is 12.4 Å². The van der Waals surface area contributed by atoms with E-state index in [0.717, 1.165) is 16.7 Å². The lowest BCUT2D eigenvalue weighted by molar-refractivity contribution is 1.09. The lowest BCUT2D eigenvalue weighted by Crippen LogP contribution is -1.93. The number of para-hydroxylation sites is 2. The number of imidazole rings is 1. The molecule has 0 radical (unpaired) electrons. The van der Waals surface area contributed by atoms with E-state index in [2.05, 4.69) is 11.1 Å². The molecule has 2 aromatic carbocycles. The van der Waals surface area contributed by atoms with E-state index in [0.29, 0.717) is 5.56 Å². The first-order valence-electron chi connectivity index (χ1n) is 5.32. The smallest absolute Gasteiger partial charge is 0.101 e. The van der Waals surface area contributed by atoms with Crippen molar-refractivity contribution in [3.05, 3.63) is 60.4 Å². The SMILES string of the molecule is N#Cc1cccc2ncn(-c3ccccc3)c12. The fourth-order valence-electron chi connectivity index (χ4n) is 1.94. The van der Waals surface area contributed by atoms with Gasteiger partial charge in [0.05, 0.1) is 16.6 Å². The van der Waals surface area contributed by atoms with Crippen LogP contribution < -0.4 is 0 Å². The van der Waals surface area contributed by atoms with Crippen molar-refractivity contribution >= 4 is 11.0 Å². The molecule has 80 valence electrons. The number of nitriles is 1. The molecule has 1 aromatic heterocycles. The predicted molar refractivity (Wildman–Crippen MR) is 65.8 cm³/mol. The Morgan fingerprint density at radius 3 is 2.59 bits per heavy atom. The third kappa shape index (κ3) is 1.47. The second-order valence-electron chi connectivity index (χ2n) is 3.74. The fraction of sp³-hybridized carbons (Fsp3) is 0. The van der Waals surface area contributed by atoms with Gasteiger partial charge in [-0.25, -0.2) is 4.98 Å². The molecule has 0 aliphatic heterocycles. The van der Waals surface area contributed by atoms with Crippen molar-refractivity contribution in [3.63, 3.8) is 0 Å². The van der Waals surface area contributed by atoms with Gasteiger partial charge in [-0.15, -0.1) is 0 Å². The van der Waals surface area contributed by atoms with E-state index in [4.69, 9.17) is 5.26 Å². The van der Waals surface area contributed by atoms with E-state index < -0.39 is 0 Å². The molecule has 0 bridgehead atoms. The summed E-state index contributed by atoms with van der Waals surface area (Å²) in [5.41, 5.74) is 3.36. The standard InChI is InChI=1S/C14H9N3/c15-9-11-5-4-8-13-14(11)17(10-16-13)12-6-2-1-3-7-12/h1-8,10H. The zero-order chi connectivity index (χ0) is 11.7. The number of hydrogen-bond acceptors (Lipinski definition) is 2. The molecule has 0 aliphatic rings. The molecule has 0 amide bonds. The van der Waals surface area contributed by atoms with Crippen LogP contribution in [-0.2, 0) is 0 Å². The Bertz CT molecular complexity index is 705. The minimum Gasteiger partial charge on any atom is -0.298 e. The van der Waals surface area contributed by atoms with Gasteiger partial charge in [-0.3, -0.25) is 4.57 Å². The molecule has 0 atom stereocenters. The quantitative estimate of drug-likeness (QED) is 0.631. The maximum atomic E-state index is 9.13. The van der Waals surface area contributed by atoms with Crippen LogP contribution in [0, 0.1) is 11.3 Å². The van der Waals surface area contributed by atoms with Crippen LogP contribution in [0.5, 0.6) is 0 Å². The van der Waals surface area contributed by atoms with Gasteiger partial charge in [0.15, 0.2) is 0 Å². The summed E-state index contributed by atoms with van der Waals surface area (Å²) in [7, 11) is 0. The molecule has 1 heterocycles. The number of benzene rings is 2. The largest absolute Gasteiger partial charge is 0.298 e. The highest BCUT2D eigenvalue weighted by molar-refractivity contribution is 5.83. The Balaban J connectivity index is 2.36. The molecular formula is C14H9N3. The number of aromatic nitrogens is 2. The van der Waals surface area contributed by atoms with Crippen molar-refractivity contribution in [3.8, 4) is 11.8 Å². The molecule has 0 aliphatic carbocycles. The molecule has 0 fully saturated rings. The van der Waals surface area contributed by atoms with Crippen LogP contribution >= 0.6 is 0 Å². The molecule has 0 saturated carbocycles. The lowest BCUT2D eigenvalue weighted by Gasteiger charge is -2.04. The van der Waals surface area contributed by atoms with Gasteiger partial charge in [0.2, 0.25) is 0 Å². The van der Waals surface area contributed by atoms with E-state index >= 15 is 0 Å². The predicted octanol–water partition coefficient (Wildman–Crippen LogP) is 2.90. The molecule has 3 rings (SSSR count). The lowest BCUT2D eigenvalue weighted by atomic mass is 10.2. The Hall–Kier alpha value is -2.60. The minimum absolute atomic E-state index is 0.642. The van der Waals surface area contributed by atoms with Crippen LogP contribution in [0.25, 0.3) is 16.7 Å². The minimum atomic E-state index is 0.642. The summed E-state index contributed by atoms with van der Waals surface area (Å²) in [4.78, 5) is 4.32. The first kappa shape index (κ1) is 9.61. The molecule has 0 saturated heterocycles. The van der Waals surface area contributed by atoms with Crippen molar-refractivity contribution in [2.45, 2.75) is 0 Å². The molecule has 3 aromatic rings. The molecule has 0 spiro atoms. The molecular weight excluding hydrogens is 210 g/mol. The maximum absolute atomic E-state index is 9.13. The Morgan fingerprint density at radius 2 is 1.82 bits per heavy atom. The van der Waals surface area contributed by atoms with Crippen molar-refractivity contribution < 1.29 is 0 Å². The summed E-state index contributed by atoms with van der Waals surface area (Å²) in [6, 6.07) is 17.7. The molecule has 3 nitrogen and oxygen atoms in total. The van der Waals surface area contributed by atoms with Crippen LogP contribution in [-0.4, -0.2) is 9.55 Å². The molecule has 17 heavy (non-hydrogen) atoms. The number of nitrogens with zero attached hydrogens (tertiary/aromatic N) is 3. The highest BCUT2D eigenvalue weighted by Crippen LogP contribution is 2.21. The van der Waals surface area contributed by atoms with Crippen LogP contribution in [0.15, 0.2) is 54.9 Å². The van der Waals surface area contributed by atoms with Crippen LogP contribution in [0.2, 0.25) is 0 Å². The van der Waals surface area contributed by atoms with Gasteiger partial charge in [0.25, 0.3) is 0 Å². The van der Waals surface area contributed by atoms with Gasteiger partial charge < -0.3 is 0 Å². The molecule has 0 N–H and O–H groups in total. The van der Waals surface area contributed by atoms with Crippen molar-refractivity contribution in [1.82, 2.24) is 9.55 Å². The third-order valence-electron chi connectivity index (χ3n) is 2.72. The van der Waals surface area contributed by atoms with Crippen molar-refractivity contribution in [2.24, 2.45) is 0 Å². The summed E-state index contributed by atoms with van der Waals surface area (Å²) in [5.74, 6) is 0. The van der Waals surface area contributed by atoms with Gasteiger partial charge in [0, 0.05) is 5.69 Å². The van der Waals surface area contributed by atoms with Gasteiger partial charge >= 0.3 is 0 Å². The Kier molecular flexibility index (Phi) is 2.13. The normalized spacial score (nSPS) is 10.3. The van der Waals surface area contributed by atoms with Gasteiger partial charge in [-0.05, 0) is 24.3 Å². The summed E-state index contributed by atoms with van der Waals surface area (Å²) in [5, 5.41) is 9.13. The van der Waals surface area contributed by atoms with E-state index in [-0.39, 0.29) is 0 Å². The average Bonchev–Trinajstić information content (AvgIpc) is 2.83. The summed E-state index contributed by atoms with van der Waals surface area (Å²) < 4.78 is 1.94. The highest BCUT2D eigenvalue weighted by Gasteiger charge is 2.08. The number of rotatable bonds is 1. The Morgan fingerprint density at radius 1 is 1.00 bits per heavy atom. The Labute approximate surface area is 98.6 Å². The summed E-state index contributed by atoms with van der Waals surface area (Å²) in [6.07, 6.45) is 1.75. The topological polar surface area (TPSA) is 41.6 Å². The van der Waals surface area contributed by atoms with E-state index in [1.54, 1.807) is 6.33 Å². The first-order chi connectivity index (χ1) is 8.40. The van der Waals surface area contributed by atoms with E-state index in [1.165, 1.54) is 0 Å². The first-order valence-corrected chi connectivity index (χ1v) is 5.32. The summed E-state index contributed by atoms with van der Waals surface area (Å²) >= 11 is 0. The van der Waals surface area contributed by atoms with Crippen LogP contribution in [0.3, 0.4) is 0 Å². The van der Waals surface area contributed by atoms with E-state index in [1.807, 2.05) is 53.1 Å². The third-order valence-corrected chi connectivity index (χ3v) is 2.72. The van der Waals surface area contributed by atoms with Gasteiger partial charge in [-0.2, -0.15) is 5.26 Å². The van der Waals surface area contributed by atoms with Crippen molar-refractivity contribution in [1.29, 1.82) is 5.26 Å². The average molecular weight is 219 g/mol. The van der Waals surface area contributed by atoms with E-state index in [9.17, 15) is 0 Å². The fourth-order valence-corrected chi connectivity index (χ4v) is 1.94. The molecule has 3 heteroatoms. The monoisotopic (exact) mass is 219 g/mol. The van der Waals surface area contributed by atoms with Gasteiger partial charge in [-0.1, -0.05) is 24.3 Å².